The van der Waals surface area contributed by atoms with Crippen LogP contribution in [0.1, 0.15) is 0 Å². The maximum absolute atomic E-state index is 4.66. The Bertz CT molecular complexity index is 2280. The molecule has 8 aromatic rings. The quantitative estimate of drug-likeness (QED) is 0.178. The predicted molar refractivity (Wildman–Crippen MR) is 194 cm³/mol. The second-order valence-corrected chi connectivity index (χ2v) is 12.9. The topological polar surface area (TPSA) is 29.0 Å². The van der Waals surface area contributed by atoms with Crippen LogP contribution in [0.25, 0.3) is 53.8 Å². The molecule has 5 heteroatoms. The second-order valence-electron chi connectivity index (χ2n) is 10.9. The van der Waals surface area contributed by atoms with Crippen LogP contribution in [0.3, 0.4) is 0 Å². The summed E-state index contributed by atoms with van der Waals surface area (Å²) < 4.78 is 3.61. The molecule has 45 heavy (non-hydrogen) atoms. The van der Waals surface area contributed by atoms with Gasteiger partial charge in [-0.15, -0.1) is 11.3 Å². The Morgan fingerprint density at radius 2 is 1.02 bits per heavy atom. The molecule has 0 saturated carbocycles. The highest BCUT2D eigenvalue weighted by Gasteiger charge is 2.15. The van der Waals surface area contributed by atoms with Gasteiger partial charge in [-0.3, -0.25) is 9.97 Å². The summed E-state index contributed by atoms with van der Waals surface area (Å²) in [5.74, 6) is 0. The fourth-order valence-electron chi connectivity index (χ4n) is 5.83. The Balaban J connectivity index is 1.20. The van der Waals surface area contributed by atoms with E-state index in [0.717, 1.165) is 32.9 Å². The van der Waals surface area contributed by atoms with Crippen LogP contribution in [0.15, 0.2) is 162 Å². The first-order chi connectivity index (χ1) is 22.2. The molecule has 0 unspecified atom stereocenters. The summed E-state index contributed by atoms with van der Waals surface area (Å²) in [5.41, 5.74) is 9.54. The third-order valence-electron chi connectivity index (χ3n) is 8.05. The smallest absolute Gasteiger partial charge is 0.0907 e. The van der Waals surface area contributed by atoms with Crippen molar-refractivity contribution in [3.63, 3.8) is 0 Å². The van der Waals surface area contributed by atoms with E-state index >= 15 is 0 Å². The highest BCUT2D eigenvalue weighted by Crippen LogP contribution is 2.39. The molecule has 0 bridgehead atoms. The first-order valence-corrected chi connectivity index (χ1v) is 16.4. The number of benzene rings is 5. The fraction of sp³-hybridized carbons (Fsp3) is 0. The lowest BCUT2D eigenvalue weighted by Gasteiger charge is -2.26. The zero-order chi connectivity index (χ0) is 30.2. The molecular weight excluding hydrogens is 634 g/mol. The van der Waals surface area contributed by atoms with E-state index < -0.39 is 0 Å². The molecule has 214 valence electrons. The minimum absolute atomic E-state index is 0.813. The Kier molecular flexibility index (Phi) is 7.18. The molecule has 3 aromatic heterocycles. The number of rotatable bonds is 6. The molecule has 0 fully saturated rings. The van der Waals surface area contributed by atoms with E-state index in [0.29, 0.717) is 0 Å². The van der Waals surface area contributed by atoms with Gasteiger partial charge in [0.1, 0.15) is 0 Å². The number of aromatic nitrogens is 2. The van der Waals surface area contributed by atoms with Crippen LogP contribution in [0.4, 0.5) is 17.1 Å². The molecule has 0 saturated heterocycles. The van der Waals surface area contributed by atoms with Gasteiger partial charge in [0.05, 0.1) is 11.4 Å². The summed E-state index contributed by atoms with van der Waals surface area (Å²) in [6, 6.07) is 51.6. The summed E-state index contributed by atoms with van der Waals surface area (Å²) in [6.07, 6.45) is 3.65. The zero-order valence-electron chi connectivity index (χ0n) is 24.1. The van der Waals surface area contributed by atoms with E-state index in [4.69, 9.17) is 0 Å². The number of hydrogen-bond acceptors (Lipinski definition) is 4. The number of hydrogen-bond donors (Lipinski definition) is 0. The normalized spacial score (nSPS) is 11.2. The van der Waals surface area contributed by atoms with E-state index in [1.54, 1.807) is 6.20 Å². The van der Waals surface area contributed by atoms with Crippen molar-refractivity contribution in [3.05, 3.63) is 162 Å². The lowest BCUT2D eigenvalue weighted by molar-refractivity contribution is 1.21. The molecule has 8 rings (SSSR count). The Morgan fingerprint density at radius 3 is 1.76 bits per heavy atom. The second kappa shape index (κ2) is 11.8. The molecule has 0 aliphatic carbocycles. The standard InChI is InChI=1S/C40H26BrN3S/c41-31-20-22-42-37(25-31)38-26-34(21-23-43-38)44(32-15-10-28(11-16-32)27-6-2-1-3-7-27)33-17-12-29(13-18-33)30-14-19-40-36(24-30)35-8-4-5-9-39(35)45-40/h1-26H. The molecule has 0 amide bonds. The van der Waals surface area contributed by atoms with Crippen LogP contribution in [-0.4, -0.2) is 9.97 Å². The first-order valence-electron chi connectivity index (χ1n) is 14.7. The number of fused-ring (bicyclic) bond motifs is 3. The van der Waals surface area contributed by atoms with Crippen LogP contribution >= 0.6 is 27.3 Å². The molecule has 3 heterocycles. The molecule has 0 spiro atoms. The molecule has 0 N–H and O–H groups in total. The molecule has 0 radical (unpaired) electrons. The Labute approximate surface area is 274 Å². The summed E-state index contributed by atoms with van der Waals surface area (Å²) >= 11 is 5.43. The monoisotopic (exact) mass is 659 g/mol. The summed E-state index contributed by atoms with van der Waals surface area (Å²) in [6.45, 7) is 0. The van der Waals surface area contributed by atoms with Gasteiger partial charge in [0.25, 0.3) is 0 Å². The minimum Gasteiger partial charge on any atom is -0.310 e. The van der Waals surface area contributed by atoms with Crippen molar-refractivity contribution >= 4 is 64.5 Å². The van der Waals surface area contributed by atoms with E-state index in [-0.39, 0.29) is 0 Å². The van der Waals surface area contributed by atoms with Crippen LogP contribution in [0.5, 0.6) is 0 Å². The molecule has 3 nitrogen and oxygen atoms in total. The van der Waals surface area contributed by atoms with Crippen LogP contribution in [0, 0.1) is 0 Å². The van der Waals surface area contributed by atoms with Gasteiger partial charge in [0.2, 0.25) is 0 Å². The lowest BCUT2D eigenvalue weighted by atomic mass is 10.0. The van der Waals surface area contributed by atoms with Crippen molar-refractivity contribution in [1.29, 1.82) is 0 Å². The fourth-order valence-corrected chi connectivity index (χ4v) is 7.25. The van der Waals surface area contributed by atoms with Gasteiger partial charge >= 0.3 is 0 Å². The number of thiophene rings is 1. The van der Waals surface area contributed by atoms with Gasteiger partial charge in [-0.05, 0) is 89.0 Å². The predicted octanol–water partition coefficient (Wildman–Crippen LogP) is 12.1. The molecule has 0 aliphatic rings. The van der Waals surface area contributed by atoms with Crippen LogP contribution in [-0.2, 0) is 0 Å². The van der Waals surface area contributed by atoms with Crippen molar-refractivity contribution in [2.24, 2.45) is 0 Å². The number of anilines is 3. The maximum atomic E-state index is 4.66. The van der Waals surface area contributed by atoms with E-state index in [9.17, 15) is 0 Å². The third kappa shape index (κ3) is 5.42. The molecule has 0 atom stereocenters. The van der Waals surface area contributed by atoms with Crippen LogP contribution in [0.2, 0.25) is 0 Å². The Hall–Kier alpha value is -5.10. The van der Waals surface area contributed by atoms with Gasteiger partial charge in [0, 0.05) is 54.1 Å². The van der Waals surface area contributed by atoms with E-state index in [2.05, 4.69) is 158 Å². The largest absolute Gasteiger partial charge is 0.310 e. The minimum atomic E-state index is 0.813. The van der Waals surface area contributed by atoms with Gasteiger partial charge < -0.3 is 4.90 Å². The zero-order valence-corrected chi connectivity index (χ0v) is 26.5. The SMILES string of the molecule is Brc1ccnc(-c2cc(N(c3ccc(-c4ccccc4)cc3)c3ccc(-c4ccc5sc6ccccc6c5c4)cc3)ccn2)c1. The van der Waals surface area contributed by atoms with E-state index in [1.807, 2.05) is 35.7 Å². The molecular formula is C40H26BrN3S. The van der Waals surface area contributed by atoms with Crippen molar-refractivity contribution in [2.75, 3.05) is 4.90 Å². The van der Waals surface area contributed by atoms with Crippen LogP contribution < -0.4 is 4.90 Å². The number of halogens is 1. The Morgan fingerprint density at radius 1 is 0.444 bits per heavy atom. The highest BCUT2D eigenvalue weighted by atomic mass is 79.9. The average Bonchev–Trinajstić information content (AvgIpc) is 3.48. The van der Waals surface area contributed by atoms with Crippen molar-refractivity contribution in [2.45, 2.75) is 0 Å². The van der Waals surface area contributed by atoms with Gasteiger partial charge in [0.15, 0.2) is 0 Å². The van der Waals surface area contributed by atoms with Crippen molar-refractivity contribution < 1.29 is 0 Å². The van der Waals surface area contributed by atoms with Gasteiger partial charge in [-0.25, -0.2) is 0 Å². The summed E-state index contributed by atoms with van der Waals surface area (Å²) in [5, 5.41) is 2.62. The number of nitrogens with zero attached hydrogens (tertiary/aromatic N) is 3. The van der Waals surface area contributed by atoms with Gasteiger partial charge in [-0.2, -0.15) is 0 Å². The molecule has 0 aliphatic heterocycles. The third-order valence-corrected chi connectivity index (χ3v) is 9.70. The maximum Gasteiger partial charge on any atom is 0.0907 e. The van der Waals surface area contributed by atoms with Crippen molar-refractivity contribution in [3.8, 4) is 33.6 Å². The average molecular weight is 661 g/mol. The first kappa shape index (κ1) is 27.4. The lowest BCUT2D eigenvalue weighted by Crippen LogP contribution is -2.10. The summed E-state index contributed by atoms with van der Waals surface area (Å²) in [7, 11) is 0. The summed E-state index contributed by atoms with van der Waals surface area (Å²) in [4.78, 5) is 11.5. The highest BCUT2D eigenvalue weighted by molar-refractivity contribution is 9.10. The number of pyridine rings is 2. The van der Waals surface area contributed by atoms with Crippen molar-refractivity contribution in [1.82, 2.24) is 9.97 Å². The molecule has 5 aromatic carbocycles. The van der Waals surface area contributed by atoms with Gasteiger partial charge in [-0.1, -0.05) is 94.8 Å². The van der Waals surface area contributed by atoms with E-state index in [1.165, 1.54) is 42.4 Å².